The van der Waals surface area contributed by atoms with Gasteiger partial charge in [0.15, 0.2) is 0 Å². The summed E-state index contributed by atoms with van der Waals surface area (Å²) in [5.41, 5.74) is 1.85. The van der Waals surface area contributed by atoms with Crippen LogP contribution in [0.4, 0.5) is 5.69 Å². The number of fused-ring (bicyclic) bond motifs is 1. The lowest BCUT2D eigenvalue weighted by molar-refractivity contribution is -0.133. The molecule has 0 saturated carbocycles. The molecule has 4 nitrogen and oxygen atoms in total. The maximum absolute atomic E-state index is 13.0. The van der Waals surface area contributed by atoms with Crippen LogP contribution in [0.25, 0.3) is 10.8 Å². The van der Waals surface area contributed by atoms with Crippen LogP contribution in [0.1, 0.15) is 18.4 Å². The van der Waals surface area contributed by atoms with Gasteiger partial charge in [-0.05, 0) is 53.6 Å². The normalized spacial score (nSPS) is 16.4. The molecule has 1 aliphatic heterocycles. The molecule has 1 heterocycles. The Hall–Kier alpha value is -2.79. The van der Waals surface area contributed by atoms with Gasteiger partial charge >= 0.3 is 0 Å². The molecule has 0 radical (unpaired) electrons. The number of carbonyl (C=O) groups excluding carboxylic acids is 2. The summed E-state index contributed by atoms with van der Waals surface area (Å²) in [5.74, 6) is -0.0858. The fraction of sp³-hybridized carbons (Fsp3) is 0.280. The van der Waals surface area contributed by atoms with Crippen LogP contribution in [-0.2, 0) is 16.0 Å². The van der Waals surface area contributed by atoms with Gasteiger partial charge in [-0.15, -0.1) is 11.8 Å². The van der Waals surface area contributed by atoms with Crippen LogP contribution in [0.2, 0.25) is 0 Å². The van der Waals surface area contributed by atoms with Crippen molar-refractivity contribution in [2.75, 3.05) is 24.7 Å². The zero-order valence-corrected chi connectivity index (χ0v) is 18.0. The van der Waals surface area contributed by atoms with Gasteiger partial charge in [0.2, 0.25) is 11.8 Å². The van der Waals surface area contributed by atoms with E-state index in [1.165, 1.54) is 0 Å². The molecule has 1 aliphatic rings. The number of nitrogens with zero attached hydrogens (tertiary/aromatic N) is 1. The Kier molecular flexibility index (Phi) is 6.38. The number of rotatable bonds is 5. The number of benzene rings is 3. The van der Waals surface area contributed by atoms with Crippen LogP contribution in [-0.4, -0.2) is 36.1 Å². The van der Waals surface area contributed by atoms with Gasteiger partial charge in [-0.3, -0.25) is 9.59 Å². The van der Waals surface area contributed by atoms with Crippen LogP contribution in [0.5, 0.6) is 0 Å². The Morgan fingerprint density at radius 1 is 1.07 bits per heavy atom. The molecule has 2 amide bonds. The summed E-state index contributed by atoms with van der Waals surface area (Å²) in [7, 11) is 0. The van der Waals surface area contributed by atoms with Crippen molar-refractivity contribution in [3.05, 3.63) is 72.3 Å². The molecule has 0 bridgehead atoms. The average Bonchev–Trinajstić information content (AvgIpc) is 2.79. The van der Waals surface area contributed by atoms with Gasteiger partial charge in [-0.25, -0.2) is 0 Å². The number of anilines is 1. The number of nitrogens with one attached hydrogen (secondary N) is 1. The fourth-order valence-electron chi connectivity index (χ4n) is 4.08. The van der Waals surface area contributed by atoms with Crippen molar-refractivity contribution < 1.29 is 9.59 Å². The first-order valence-electron chi connectivity index (χ1n) is 10.3. The number of thioether (sulfide) groups is 1. The second-order valence-electron chi connectivity index (χ2n) is 7.72. The summed E-state index contributed by atoms with van der Waals surface area (Å²) in [6.45, 7) is 1.20. The van der Waals surface area contributed by atoms with Crippen LogP contribution >= 0.6 is 11.8 Å². The van der Waals surface area contributed by atoms with E-state index in [-0.39, 0.29) is 17.7 Å². The molecular formula is C25H26N2O2S. The SMILES string of the molecule is CSc1cccc(NC(=O)[C@@H]2CCCN(C(=O)Cc3cccc4ccccc34)C2)c1. The van der Waals surface area contributed by atoms with E-state index in [1.54, 1.807) is 11.8 Å². The highest BCUT2D eigenvalue weighted by atomic mass is 32.2. The largest absolute Gasteiger partial charge is 0.342 e. The van der Waals surface area contributed by atoms with Gasteiger partial charge in [0.25, 0.3) is 0 Å². The first kappa shape index (κ1) is 20.5. The lowest BCUT2D eigenvalue weighted by Gasteiger charge is -2.32. The Morgan fingerprint density at radius 2 is 1.87 bits per heavy atom. The Bertz CT molecular complexity index is 1060. The quantitative estimate of drug-likeness (QED) is 0.595. The van der Waals surface area contributed by atoms with Crippen molar-refractivity contribution in [3.63, 3.8) is 0 Å². The average molecular weight is 419 g/mol. The van der Waals surface area contributed by atoms with Crippen molar-refractivity contribution >= 4 is 40.0 Å². The van der Waals surface area contributed by atoms with E-state index in [2.05, 4.69) is 23.5 Å². The third kappa shape index (κ3) is 4.68. The molecule has 5 heteroatoms. The van der Waals surface area contributed by atoms with Gasteiger partial charge in [0.1, 0.15) is 0 Å². The van der Waals surface area contributed by atoms with Gasteiger partial charge in [-0.1, -0.05) is 48.5 Å². The fourth-order valence-corrected chi connectivity index (χ4v) is 4.54. The number of amides is 2. The van der Waals surface area contributed by atoms with Crippen LogP contribution in [0.15, 0.2) is 71.6 Å². The van der Waals surface area contributed by atoms with Gasteiger partial charge in [0, 0.05) is 23.7 Å². The topological polar surface area (TPSA) is 49.4 Å². The smallest absolute Gasteiger partial charge is 0.229 e. The number of piperidine rings is 1. The van der Waals surface area contributed by atoms with Gasteiger partial charge in [-0.2, -0.15) is 0 Å². The minimum Gasteiger partial charge on any atom is -0.342 e. The highest BCUT2D eigenvalue weighted by Gasteiger charge is 2.28. The standard InChI is InChI=1S/C25H26N2O2S/c1-30-22-12-5-11-21(16-22)26-25(29)20-10-6-14-27(17-20)24(28)15-19-9-4-8-18-7-2-3-13-23(18)19/h2-5,7-9,11-13,16,20H,6,10,14-15,17H2,1H3,(H,26,29)/t20-/m1/s1. The zero-order chi connectivity index (χ0) is 20.9. The van der Waals surface area contributed by atoms with Crippen LogP contribution in [0.3, 0.4) is 0 Å². The first-order chi connectivity index (χ1) is 14.6. The molecule has 154 valence electrons. The Balaban J connectivity index is 1.41. The Labute approximate surface area is 181 Å². The van der Waals surface area contributed by atoms with Crippen LogP contribution < -0.4 is 5.32 Å². The highest BCUT2D eigenvalue weighted by molar-refractivity contribution is 7.98. The van der Waals surface area contributed by atoms with Crippen molar-refractivity contribution in [1.82, 2.24) is 4.90 Å². The monoisotopic (exact) mass is 418 g/mol. The van der Waals surface area contributed by atoms with E-state index in [9.17, 15) is 9.59 Å². The second-order valence-corrected chi connectivity index (χ2v) is 8.59. The molecule has 0 aromatic heterocycles. The molecular weight excluding hydrogens is 392 g/mol. The van der Waals surface area contributed by atoms with E-state index in [1.807, 2.05) is 59.7 Å². The predicted molar refractivity (Wildman–Crippen MR) is 124 cm³/mol. The molecule has 0 spiro atoms. The highest BCUT2D eigenvalue weighted by Crippen LogP contribution is 2.24. The summed E-state index contributed by atoms with van der Waals surface area (Å²) in [4.78, 5) is 28.8. The molecule has 0 unspecified atom stereocenters. The number of carbonyl (C=O) groups is 2. The maximum Gasteiger partial charge on any atom is 0.229 e. The summed E-state index contributed by atoms with van der Waals surface area (Å²) in [6, 6.07) is 22.1. The van der Waals surface area contributed by atoms with E-state index in [0.29, 0.717) is 13.0 Å². The van der Waals surface area contributed by atoms with Crippen molar-refractivity contribution in [2.24, 2.45) is 5.92 Å². The molecule has 0 aliphatic carbocycles. The van der Waals surface area contributed by atoms with E-state index in [4.69, 9.17) is 0 Å². The Morgan fingerprint density at radius 3 is 2.73 bits per heavy atom. The molecule has 3 aromatic rings. The van der Waals surface area contributed by atoms with Crippen molar-refractivity contribution in [2.45, 2.75) is 24.2 Å². The minimum atomic E-state index is -0.173. The molecule has 1 atom stereocenters. The molecule has 1 N–H and O–H groups in total. The molecule has 4 rings (SSSR count). The molecule has 3 aromatic carbocycles. The van der Waals surface area contributed by atoms with E-state index >= 15 is 0 Å². The second kappa shape index (κ2) is 9.35. The van der Waals surface area contributed by atoms with Crippen molar-refractivity contribution in [3.8, 4) is 0 Å². The summed E-state index contributed by atoms with van der Waals surface area (Å²) >= 11 is 1.65. The number of hydrogen-bond acceptors (Lipinski definition) is 3. The molecule has 1 fully saturated rings. The maximum atomic E-state index is 13.0. The third-order valence-corrected chi connectivity index (χ3v) is 6.43. The third-order valence-electron chi connectivity index (χ3n) is 5.70. The molecule has 1 saturated heterocycles. The van der Waals surface area contributed by atoms with Gasteiger partial charge < -0.3 is 10.2 Å². The minimum absolute atomic E-state index is 0.00378. The number of hydrogen-bond donors (Lipinski definition) is 1. The van der Waals surface area contributed by atoms with Gasteiger partial charge in [0.05, 0.1) is 12.3 Å². The lowest BCUT2D eigenvalue weighted by atomic mass is 9.95. The number of likely N-dealkylation sites (tertiary alicyclic amines) is 1. The first-order valence-corrected chi connectivity index (χ1v) is 11.6. The summed E-state index contributed by atoms with van der Waals surface area (Å²) in [6.07, 6.45) is 4.04. The lowest BCUT2D eigenvalue weighted by Crippen LogP contribution is -2.44. The predicted octanol–water partition coefficient (Wildman–Crippen LogP) is 4.98. The summed E-state index contributed by atoms with van der Waals surface area (Å²) < 4.78 is 0. The van der Waals surface area contributed by atoms with Crippen LogP contribution in [0, 0.1) is 5.92 Å². The zero-order valence-electron chi connectivity index (χ0n) is 17.1. The van der Waals surface area contributed by atoms with Crippen molar-refractivity contribution in [1.29, 1.82) is 0 Å². The van der Waals surface area contributed by atoms with E-state index in [0.717, 1.165) is 46.3 Å². The van der Waals surface area contributed by atoms with E-state index < -0.39 is 0 Å². The summed E-state index contributed by atoms with van der Waals surface area (Å²) in [5, 5.41) is 5.29. The molecule has 30 heavy (non-hydrogen) atoms.